The van der Waals surface area contributed by atoms with Crippen molar-refractivity contribution in [3.63, 3.8) is 0 Å². The van der Waals surface area contributed by atoms with Crippen molar-refractivity contribution in [3.05, 3.63) is 16.5 Å². The van der Waals surface area contributed by atoms with E-state index in [9.17, 15) is 14.4 Å². The molecule has 0 aromatic carbocycles. The molecule has 1 aromatic heterocycles. The van der Waals surface area contributed by atoms with E-state index in [-0.39, 0.29) is 11.8 Å². The fourth-order valence-corrected chi connectivity index (χ4v) is 2.51. The number of hydrogen-bond acceptors (Lipinski definition) is 5. The molecule has 20 heavy (non-hydrogen) atoms. The van der Waals surface area contributed by atoms with E-state index >= 15 is 0 Å². The first kappa shape index (κ1) is 16.2. The summed E-state index contributed by atoms with van der Waals surface area (Å²) in [5.41, 5.74) is 0.746. The van der Waals surface area contributed by atoms with E-state index in [1.807, 2.05) is 0 Å². The molecule has 1 rings (SSSR count). The van der Waals surface area contributed by atoms with Crippen molar-refractivity contribution in [1.82, 2.24) is 5.32 Å². The van der Waals surface area contributed by atoms with Gasteiger partial charge in [0, 0.05) is 6.92 Å². The number of carbonyl (C=O) groups excluding carboxylic acids is 3. The molecule has 110 valence electrons. The second-order valence-corrected chi connectivity index (χ2v) is 5.31. The Morgan fingerprint density at radius 3 is 2.60 bits per heavy atom. The molecule has 1 unspecified atom stereocenters. The van der Waals surface area contributed by atoms with Crippen LogP contribution in [0.25, 0.3) is 0 Å². The van der Waals surface area contributed by atoms with Gasteiger partial charge in [0.2, 0.25) is 11.8 Å². The smallest absolute Gasteiger partial charge is 0.348 e. The van der Waals surface area contributed by atoms with Gasteiger partial charge < -0.3 is 15.4 Å². The number of aryl methyl sites for hydroxylation is 1. The maximum absolute atomic E-state index is 11.8. The molecule has 6 nitrogen and oxygen atoms in total. The highest BCUT2D eigenvalue weighted by atomic mass is 32.1. The van der Waals surface area contributed by atoms with Crippen molar-refractivity contribution < 1.29 is 19.1 Å². The first-order chi connectivity index (χ1) is 9.35. The van der Waals surface area contributed by atoms with Crippen LogP contribution in [0.15, 0.2) is 6.07 Å². The average molecular weight is 298 g/mol. The zero-order valence-electron chi connectivity index (χ0n) is 11.9. The number of hydrogen-bond donors (Lipinski definition) is 2. The molecule has 2 amide bonds. The summed E-state index contributed by atoms with van der Waals surface area (Å²) in [5, 5.41) is 5.70. The maximum Gasteiger partial charge on any atom is 0.348 e. The minimum absolute atomic E-state index is 0.276. The Morgan fingerprint density at radius 2 is 2.05 bits per heavy atom. The number of carbonyl (C=O) groups is 3. The molecule has 2 N–H and O–H groups in total. The van der Waals surface area contributed by atoms with Crippen LogP contribution < -0.4 is 10.6 Å². The van der Waals surface area contributed by atoms with E-state index in [1.54, 1.807) is 26.8 Å². The van der Waals surface area contributed by atoms with Crippen LogP contribution in [-0.4, -0.2) is 30.4 Å². The van der Waals surface area contributed by atoms with Crippen molar-refractivity contribution in [3.8, 4) is 0 Å². The molecule has 0 radical (unpaired) electrons. The summed E-state index contributed by atoms with van der Waals surface area (Å²) in [6.07, 6.45) is 0. The van der Waals surface area contributed by atoms with Gasteiger partial charge in [0.05, 0.1) is 11.6 Å². The summed E-state index contributed by atoms with van der Waals surface area (Å²) < 4.78 is 4.93. The van der Waals surface area contributed by atoms with Gasteiger partial charge in [0.1, 0.15) is 10.9 Å². The number of amides is 2. The molecular formula is C13H18N2O4S. The van der Waals surface area contributed by atoms with Gasteiger partial charge in [-0.2, -0.15) is 0 Å². The van der Waals surface area contributed by atoms with E-state index in [0.717, 1.165) is 16.9 Å². The zero-order chi connectivity index (χ0) is 15.3. The van der Waals surface area contributed by atoms with Crippen LogP contribution >= 0.6 is 11.3 Å². The number of thiophene rings is 1. The van der Waals surface area contributed by atoms with Crippen LogP contribution in [0.3, 0.4) is 0 Å². The lowest BCUT2D eigenvalue weighted by molar-refractivity contribution is -0.124. The molecule has 7 heteroatoms. The highest BCUT2D eigenvalue weighted by molar-refractivity contribution is 7.18. The summed E-state index contributed by atoms with van der Waals surface area (Å²) in [7, 11) is 0. The molecule has 0 saturated carbocycles. The van der Waals surface area contributed by atoms with Crippen LogP contribution in [0, 0.1) is 6.92 Å². The highest BCUT2D eigenvalue weighted by Gasteiger charge is 2.18. The Balaban J connectivity index is 2.74. The molecular weight excluding hydrogens is 280 g/mol. The average Bonchev–Trinajstić information content (AvgIpc) is 2.69. The Morgan fingerprint density at radius 1 is 1.40 bits per heavy atom. The minimum atomic E-state index is -0.638. The third-order valence-corrected chi connectivity index (χ3v) is 3.57. The third-order valence-electron chi connectivity index (χ3n) is 2.44. The van der Waals surface area contributed by atoms with Crippen molar-refractivity contribution in [2.45, 2.75) is 33.7 Å². The van der Waals surface area contributed by atoms with Gasteiger partial charge >= 0.3 is 5.97 Å². The monoisotopic (exact) mass is 298 g/mol. The Bertz CT molecular complexity index is 524. The number of esters is 1. The molecule has 1 heterocycles. The van der Waals surface area contributed by atoms with Crippen molar-refractivity contribution in [1.29, 1.82) is 0 Å². The zero-order valence-corrected chi connectivity index (χ0v) is 12.7. The molecule has 0 aliphatic rings. The van der Waals surface area contributed by atoms with E-state index in [0.29, 0.717) is 16.5 Å². The molecule has 0 saturated heterocycles. The van der Waals surface area contributed by atoms with Crippen molar-refractivity contribution in [2.24, 2.45) is 0 Å². The predicted molar refractivity (Wildman–Crippen MR) is 76.9 cm³/mol. The lowest BCUT2D eigenvalue weighted by atomic mass is 10.3. The SMILES string of the molecule is CCOC(=O)c1sc(NC(=O)C(C)NC(C)=O)cc1C. The Kier molecular flexibility index (Phi) is 5.69. The van der Waals surface area contributed by atoms with Gasteiger partial charge in [0.25, 0.3) is 0 Å². The van der Waals surface area contributed by atoms with Gasteiger partial charge in [-0.15, -0.1) is 11.3 Å². The molecule has 1 aromatic rings. The van der Waals surface area contributed by atoms with Crippen molar-refractivity contribution in [2.75, 3.05) is 11.9 Å². The topological polar surface area (TPSA) is 84.5 Å². The van der Waals surface area contributed by atoms with Crippen LogP contribution in [-0.2, 0) is 14.3 Å². The predicted octanol–water partition coefficient (Wildman–Crippen LogP) is 1.70. The van der Waals surface area contributed by atoms with Gasteiger partial charge in [-0.3, -0.25) is 9.59 Å². The summed E-state index contributed by atoms with van der Waals surface area (Å²) in [6.45, 7) is 6.74. The summed E-state index contributed by atoms with van der Waals surface area (Å²) >= 11 is 1.15. The second kappa shape index (κ2) is 7.04. The Hall–Kier alpha value is -1.89. The van der Waals surface area contributed by atoms with Gasteiger partial charge in [-0.1, -0.05) is 0 Å². The van der Waals surface area contributed by atoms with Gasteiger partial charge in [-0.25, -0.2) is 4.79 Å². The van der Waals surface area contributed by atoms with Crippen LogP contribution in [0.5, 0.6) is 0 Å². The van der Waals surface area contributed by atoms with E-state index in [2.05, 4.69) is 10.6 Å². The molecule has 0 aliphatic heterocycles. The number of nitrogens with one attached hydrogen (secondary N) is 2. The first-order valence-corrected chi connectivity index (χ1v) is 7.02. The standard InChI is InChI=1S/C13H18N2O4S/c1-5-19-13(18)11-7(2)6-10(20-11)15-12(17)8(3)14-9(4)16/h6,8H,5H2,1-4H3,(H,14,16)(H,15,17). The molecule has 0 fully saturated rings. The van der Waals surface area contributed by atoms with Gasteiger partial charge in [0.15, 0.2) is 0 Å². The maximum atomic E-state index is 11.8. The largest absolute Gasteiger partial charge is 0.462 e. The lowest BCUT2D eigenvalue weighted by Crippen LogP contribution is -2.40. The van der Waals surface area contributed by atoms with Crippen LogP contribution in [0.1, 0.15) is 36.0 Å². The number of ether oxygens (including phenoxy) is 1. The third kappa shape index (κ3) is 4.34. The molecule has 0 spiro atoms. The Labute approximate surface area is 121 Å². The summed E-state index contributed by atoms with van der Waals surface area (Å²) in [4.78, 5) is 34.8. The highest BCUT2D eigenvalue weighted by Crippen LogP contribution is 2.27. The number of rotatable bonds is 5. The molecule has 0 aliphatic carbocycles. The van der Waals surface area contributed by atoms with E-state index in [4.69, 9.17) is 4.74 Å². The molecule has 0 bridgehead atoms. The lowest BCUT2D eigenvalue weighted by Gasteiger charge is -2.11. The fraction of sp³-hybridized carbons (Fsp3) is 0.462. The van der Waals surface area contributed by atoms with E-state index in [1.165, 1.54) is 6.92 Å². The fourth-order valence-electron chi connectivity index (χ4n) is 1.54. The van der Waals surface area contributed by atoms with Crippen LogP contribution in [0.2, 0.25) is 0 Å². The van der Waals surface area contributed by atoms with Gasteiger partial charge in [-0.05, 0) is 32.4 Å². The quantitative estimate of drug-likeness (QED) is 0.810. The summed E-state index contributed by atoms with van der Waals surface area (Å²) in [5.74, 6) is -1.01. The first-order valence-electron chi connectivity index (χ1n) is 6.20. The minimum Gasteiger partial charge on any atom is -0.462 e. The van der Waals surface area contributed by atoms with Crippen molar-refractivity contribution >= 4 is 34.1 Å². The number of anilines is 1. The summed E-state index contributed by atoms with van der Waals surface area (Å²) in [6, 6.07) is 1.07. The molecule has 1 atom stereocenters. The second-order valence-electron chi connectivity index (χ2n) is 4.25. The van der Waals surface area contributed by atoms with Crippen LogP contribution in [0.4, 0.5) is 5.00 Å². The normalized spacial score (nSPS) is 11.6. The van der Waals surface area contributed by atoms with E-state index < -0.39 is 12.0 Å².